The number of thiazole rings is 1. The van der Waals surface area contributed by atoms with E-state index in [0.717, 1.165) is 21.7 Å². The predicted molar refractivity (Wildman–Crippen MR) is 72.8 cm³/mol. The number of hydrogen-bond donors (Lipinski definition) is 1. The Morgan fingerprint density at radius 3 is 2.94 bits per heavy atom. The van der Waals surface area contributed by atoms with E-state index >= 15 is 0 Å². The first kappa shape index (κ1) is 11.8. The van der Waals surface area contributed by atoms with Crippen molar-refractivity contribution in [1.29, 1.82) is 0 Å². The van der Waals surface area contributed by atoms with Gasteiger partial charge in [0.05, 0.1) is 5.69 Å². The quantitative estimate of drug-likeness (QED) is 0.936. The first-order valence-corrected chi connectivity index (χ1v) is 6.73. The molecule has 0 amide bonds. The average Bonchev–Trinajstić information content (AvgIpc) is 2.71. The van der Waals surface area contributed by atoms with Gasteiger partial charge in [-0.1, -0.05) is 22.0 Å². The van der Waals surface area contributed by atoms with E-state index in [2.05, 4.69) is 56.7 Å². The van der Waals surface area contributed by atoms with Crippen LogP contribution in [0.25, 0.3) is 11.3 Å². The number of nitrogens with one attached hydrogen (secondary N) is 1. The van der Waals surface area contributed by atoms with Crippen LogP contribution in [0.4, 0.5) is 0 Å². The van der Waals surface area contributed by atoms with Crippen LogP contribution in [0.5, 0.6) is 0 Å². The van der Waals surface area contributed by atoms with Gasteiger partial charge >= 0.3 is 0 Å². The molecule has 2 nitrogen and oxygen atoms in total. The molecule has 0 bridgehead atoms. The zero-order valence-electron chi connectivity index (χ0n) is 9.25. The molecule has 0 saturated heterocycles. The Hall–Kier alpha value is -0.710. The van der Waals surface area contributed by atoms with Crippen LogP contribution in [0.3, 0.4) is 0 Å². The fraction of sp³-hybridized carbons (Fsp3) is 0.250. The number of aromatic nitrogens is 1. The summed E-state index contributed by atoms with van der Waals surface area (Å²) in [5.41, 5.74) is 3.48. The second-order valence-corrected chi connectivity index (χ2v) is 5.42. The second kappa shape index (κ2) is 5.08. The molecule has 0 saturated carbocycles. The number of benzene rings is 1. The zero-order chi connectivity index (χ0) is 11.5. The van der Waals surface area contributed by atoms with E-state index in [0.29, 0.717) is 0 Å². The van der Waals surface area contributed by atoms with E-state index in [4.69, 9.17) is 0 Å². The van der Waals surface area contributed by atoms with Gasteiger partial charge in [0.15, 0.2) is 0 Å². The molecule has 1 heterocycles. The first-order chi connectivity index (χ1) is 7.70. The third kappa shape index (κ3) is 2.51. The number of hydrogen-bond acceptors (Lipinski definition) is 3. The van der Waals surface area contributed by atoms with Crippen molar-refractivity contribution in [2.24, 2.45) is 0 Å². The highest BCUT2D eigenvalue weighted by molar-refractivity contribution is 9.10. The molecular formula is C12H13BrN2S. The maximum absolute atomic E-state index is 4.58. The Morgan fingerprint density at radius 1 is 1.44 bits per heavy atom. The normalized spacial score (nSPS) is 10.7. The summed E-state index contributed by atoms with van der Waals surface area (Å²) in [5.74, 6) is 0. The van der Waals surface area contributed by atoms with Gasteiger partial charge in [0.2, 0.25) is 0 Å². The van der Waals surface area contributed by atoms with E-state index in [1.54, 1.807) is 11.3 Å². The van der Waals surface area contributed by atoms with Crippen LogP contribution in [0.1, 0.15) is 10.6 Å². The van der Waals surface area contributed by atoms with Crippen molar-refractivity contribution < 1.29 is 0 Å². The molecule has 0 aliphatic carbocycles. The summed E-state index contributed by atoms with van der Waals surface area (Å²) >= 11 is 5.20. The molecule has 2 rings (SSSR count). The first-order valence-electron chi connectivity index (χ1n) is 5.06. The van der Waals surface area contributed by atoms with Crippen molar-refractivity contribution in [3.63, 3.8) is 0 Å². The molecule has 2 aromatic rings. The van der Waals surface area contributed by atoms with E-state index in [1.807, 2.05) is 7.05 Å². The molecule has 1 aromatic heterocycles. The van der Waals surface area contributed by atoms with Crippen LogP contribution in [0.15, 0.2) is 28.1 Å². The molecule has 0 aliphatic heterocycles. The number of nitrogens with zero attached hydrogens (tertiary/aromatic N) is 1. The van der Waals surface area contributed by atoms with Gasteiger partial charge in [0.1, 0.15) is 5.01 Å². The van der Waals surface area contributed by atoms with E-state index in [1.165, 1.54) is 11.1 Å². The monoisotopic (exact) mass is 296 g/mol. The van der Waals surface area contributed by atoms with E-state index < -0.39 is 0 Å². The molecule has 0 aliphatic rings. The molecule has 1 aromatic carbocycles. The lowest BCUT2D eigenvalue weighted by Gasteiger charge is -2.01. The van der Waals surface area contributed by atoms with Crippen LogP contribution in [-0.4, -0.2) is 12.0 Å². The minimum atomic E-state index is 0.834. The van der Waals surface area contributed by atoms with Crippen molar-refractivity contribution >= 4 is 27.3 Å². The molecule has 0 spiro atoms. The van der Waals surface area contributed by atoms with Crippen LogP contribution in [-0.2, 0) is 6.54 Å². The largest absolute Gasteiger partial charge is 0.314 e. The Labute approximate surface area is 108 Å². The van der Waals surface area contributed by atoms with Gasteiger partial charge in [-0.15, -0.1) is 11.3 Å². The predicted octanol–water partition coefficient (Wildman–Crippen LogP) is 3.60. The summed E-state index contributed by atoms with van der Waals surface area (Å²) < 4.78 is 1.14. The van der Waals surface area contributed by atoms with Gasteiger partial charge < -0.3 is 5.32 Å². The minimum absolute atomic E-state index is 0.834. The maximum atomic E-state index is 4.58. The fourth-order valence-corrected chi connectivity index (χ4v) is 2.54. The maximum Gasteiger partial charge on any atom is 0.107 e. The third-order valence-electron chi connectivity index (χ3n) is 2.33. The molecule has 0 unspecified atom stereocenters. The second-order valence-electron chi connectivity index (χ2n) is 3.62. The summed E-state index contributed by atoms with van der Waals surface area (Å²) in [6.45, 7) is 2.93. The summed E-state index contributed by atoms with van der Waals surface area (Å²) in [6.07, 6.45) is 0. The molecule has 1 N–H and O–H groups in total. The topological polar surface area (TPSA) is 24.9 Å². The highest BCUT2D eigenvalue weighted by Crippen LogP contribution is 2.26. The van der Waals surface area contributed by atoms with E-state index in [9.17, 15) is 0 Å². The lowest BCUT2D eigenvalue weighted by molar-refractivity contribution is 0.811. The third-order valence-corrected chi connectivity index (χ3v) is 4.07. The lowest BCUT2D eigenvalue weighted by atomic mass is 10.1. The summed E-state index contributed by atoms with van der Waals surface area (Å²) in [5, 5.41) is 6.34. The van der Waals surface area contributed by atoms with E-state index in [-0.39, 0.29) is 0 Å². The molecule has 0 radical (unpaired) electrons. The minimum Gasteiger partial charge on any atom is -0.314 e. The molecule has 4 heteroatoms. The van der Waals surface area contributed by atoms with Gasteiger partial charge in [-0.2, -0.15) is 0 Å². The number of rotatable bonds is 3. The molecule has 84 valence electrons. The lowest BCUT2D eigenvalue weighted by Crippen LogP contribution is -2.04. The van der Waals surface area contributed by atoms with Crippen molar-refractivity contribution in [2.45, 2.75) is 13.5 Å². The van der Waals surface area contributed by atoms with Gasteiger partial charge in [-0.3, -0.25) is 0 Å². The zero-order valence-corrected chi connectivity index (χ0v) is 11.7. The van der Waals surface area contributed by atoms with Gasteiger partial charge in [-0.05, 0) is 31.7 Å². The number of halogens is 1. The molecule has 0 atom stereocenters. The highest BCUT2D eigenvalue weighted by atomic mass is 79.9. The van der Waals surface area contributed by atoms with Crippen LogP contribution >= 0.6 is 27.3 Å². The SMILES string of the molecule is CNCc1nc(-c2ccc(Br)c(C)c2)cs1. The average molecular weight is 297 g/mol. The fourth-order valence-electron chi connectivity index (χ4n) is 1.48. The van der Waals surface area contributed by atoms with Gasteiger partial charge in [-0.25, -0.2) is 4.98 Å². The number of aryl methyl sites for hydroxylation is 1. The summed E-state index contributed by atoms with van der Waals surface area (Å²) in [4.78, 5) is 4.58. The Morgan fingerprint density at radius 2 is 2.25 bits per heavy atom. The van der Waals surface area contributed by atoms with Crippen molar-refractivity contribution in [3.05, 3.63) is 38.6 Å². The summed E-state index contributed by atoms with van der Waals surface area (Å²) in [7, 11) is 1.94. The molecular weight excluding hydrogens is 284 g/mol. The van der Waals surface area contributed by atoms with Crippen LogP contribution < -0.4 is 5.32 Å². The van der Waals surface area contributed by atoms with Crippen molar-refractivity contribution in [2.75, 3.05) is 7.05 Å². The smallest absolute Gasteiger partial charge is 0.107 e. The standard InChI is InChI=1S/C12H13BrN2S/c1-8-5-9(3-4-10(8)13)11-7-16-12(15-11)6-14-2/h3-5,7,14H,6H2,1-2H3. The van der Waals surface area contributed by atoms with Crippen LogP contribution in [0.2, 0.25) is 0 Å². The molecule has 0 fully saturated rings. The molecule has 16 heavy (non-hydrogen) atoms. The van der Waals surface area contributed by atoms with Crippen molar-refractivity contribution in [3.8, 4) is 11.3 Å². The Balaban J connectivity index is 2.31. The van der Waals surface area contributed by atoms with Crippen LogP contribution in [0, 0.1) is 6.92 Å². The van der Waals surface area contributed by atoms with Gasteiger partial charge in [0, 0.05) is 22.0 Å². The van der Waals surface area contributed by atoms with Gasteiger partial charge in [0.25, 0.3) is 0 Å². The highest BCUT2D eigenvalue weighted by Gasteiger charge is 2.05. The van der Waals surface area contributed by atoms with Crippen molar-refractivity contribution in [1.82, 2.24) is 10.3 Å². The Bertz CT molecular complexity index is 494. The Kier molecular flexibility index (Phi) is 3.74. The summed E-state index contributed by atoms with van der Waals surface area (Å²) in [6, 6.07) is 6.32.